The lowest BCUT2D eigenvalue weighted by Gasteiger charge is -2.23. The van der Waals surface area contributed by atoms with Crippen LogP contribution in [0.5, 0.6) is 5.75 Å². The van der Waals surface area contributed by atoms with E-state index in [0.29, 0.717) is 42.6 Å². The van der Waals surface area contributed by atoms with Gasteiger partial charge in [0, 0.05) is 24.2 Å². The van der Waals surface area contributed by atoms with Crippen molar-refractivity contribution in [1.82, 2.24) is 24.5 Å². The number of aliphatic hydroxyl groups is 1. The molecule has 1 unspecified atom stereocenters. The van der Waals surface area contributed by atoms with Crippen molar-refractivity contribution in [2.45, 2.75) is 64.1 Å². The van der Waals surface area contributed by atoms with Crippen LogP contribution in [-0.2, 0) is 24.9 Å². The summed E-state index contributed by atoms with van der Waals surface area (Å²) in [6.07, 6.45) is 7.37. The minimum atomic E-state index is -1.34. The standard InChI is InChI=1S/C29H26ClF2N5O3/c1-29(2,39)28-33-10-9-19(36-28)25-23(32)26-16(13-34-25)5-3-4-6-18-12-21(22(30)27(38)37(18)26)40-20-8-7-15-11-17(31)14-35-24(15)20/h9-14,20,39H,3-8H2,1-2H3. The van der Waals surface area contributed by atoms with Crippen LogP contribution in [0.4, 0.5) is 8.78 Å². The number of fused-ring (bicyclic) bond motifs is 4. The van der Waals surface area contributed by atoms with Gasteiger partial charge in [-0.1, -0.05) is 11.6 Å². The lowest BCUT2D eigenvalue weighted by molar-refractivity contribution is 0.0688. The van der Waals surface area contributed by atoms with Gasteiger partial charge in [0.2, 0.25) is 0 Å². The summed E-state index contributed by atoms with van der Waals surface area (Å²) in [7, 11) is 0. The molecule has 0 amide bonds. The second-order valence-electron chi connectivity index (χ2n) is 10.6. The van der Waals surface area contributed by atoms with E-state index in [1.165, 1.54) is 36.7 Å². The van der Waals surface area contributed by atoms with E-state index in [-0.39, 0.29) is 33.7 Å². The SMILES string of the molecule is CC(C)(O)c1nccc(-c2ncc3c(c2F)-n2c(cc(OC4CCc5cc(F)cnc54)c(Cl)c2=O)CCCC3)n1. The quantitative estimate of drug-likeness (QED) is 0.363. The Morgan fingerprint density at radius 1 is 1.07 bits per heavy atom. The van der Waals surface area contributed by atoms with Crippen LogP contribution in [0, 0.1) is 11.6 Å². The first-order valence-corrected chi connectivity index (χ1v) is 13.5. The highest BCUT2D eigenvalue weighted by molar-refractivity contribution is 6.31. The van der Waals surface area contributed by atoms with Gasteiger partial charge in [-0.25, -0.2) is 18.7 Å². The van der Waals surface area contributed by atoms with Gasteiger partial charge in [0.15, 0.2) is 11.6 Å². The Hall–Kier alpha value is -3.76. The van der Waals surface area contributed by atoms with Crippen molar-refractivity contribution in [3.8, 4) is 22.8 Å². The van der Waals surface area contributed by atoms with E-state index in [9.17, 15) is 14.3 Å². The van der Waals surface area contributed by atoms with Crippen molar-refractivity contribution in [2.75, 3.05) is 0 Å². The average molecular weight is 566 g/mol. The Balaban J connectivity index is 1.46. The largest absolute Gasteiger partial charge is 0.482 e. The highest BCUT2D eigenvalue weighted by Crippen LogP contribution is 2.37. The zero-order chi connectivity index (χ0) is 28.2. The van der Waals surface area contributed by atoms with Crippen LogP contribution in [0.15, 0.2) is 41.6 Å². The van der Waals surface area contributed by atoms with Crippen molar-refractivity contribution >= 4 is 11.6 Å². The van der Waals surface area contributed by atoms with Crippen LogP contribution in [0.3, 0.4) is 0 Å². The Labute approximate surface area is 233 Å². The number of ether oxygens (including phenoxy) is 1. The summed E-state index contributed by atoms with van der Waals surface area (Å²) >= 11 is 6.58. The van der Waals surface area contributed by atoms with E-state index >= 15 is 4.39 Å². The predicted molar refractivity (Wildman–Crippen MR) is 144 cm³/mol. The summed E-state index contributed by atoms with van der Waals surface area (Å²) < 4.78 is 37.4. The zero-order valence-electron chi connectivity index (χ0n) is 21.9. The fourth-order valence-electron chi connectivity index (χ4n) is 5.32. The molecule has 1 aliphatic carbocycles. The molecule has 5 heterocycles. The van der Waals surface area contributed by atoms with Gasteiger partial charge in [-0.2, -0.15) is 0 Å². The highest BCUT2D eigenvalue weighted by atomic mass is 35.5. The maximum absolute atomic E-state index is 16.3. The van der Waals surface area contributed by atoms with E-state index in [1.54, 1.807) is 12.3 Å². The summed E-state index contributed by atoms with van der Waals surface area (Å²) in [5, 5.41) is 10.2. The average Bonchev–Trinajstić information content (AvgIpc) is 3.30. The molecule has 4 aromatic heterocycles. The summed E-state index contributed by atoms with van der Waals surface area (Å²) in [5.41, 5.74) is 0.731. The van der Waals surface area contributed by atoms with Crippen molar-refractivity contribution < 1.29 is 18.6 Å². The Bertz CT molecular complexity index is 1700. The molecular weight excluding hydrogens is 540 g/mol. The van der Waals surface area contributed by atoms with Crippen LogP contribution in [0.2, 0.25) is 5.02 Å². The number of rotatable bonds is 4. The number of hydrogen-bond acceptors (Lipinski definition) is 7. The molecule has 11 heteroatoms. The summed E-state index contributed by atoms with van der Waals surface area (Å²) in [6.45, 7) is 3.07. The van der Waals surface area contributed by atoms with E-state index < -0.39 is 28.9 Å². The van der Waals surface area contributed by atoms with Crippen LogP contribution >= 0.6 is 11.6 Å². The molecule has 4 aromatic rings. The molecule has 206 valence electrons. The summed E-state index contributed by atoms with van der Waals surface area (Å²) in [6, 6.07) is 4.62. The zero-order valence-corrected chi connectivity index (χ0v) is 22.7. The monoisotopic (exact) mass is 565 g/mol. The molecule has 6 rings (SSSR count). The molecule has 0 aromatic carbocycles. The third-order valence-electron chi connectivity index (χ3n) is 7.28. The molecule has 1 N–H and O–H groups in total. The Kier molecular flexibility index (Phi) is 6.62. The fourth-order valence-corrected chi connectivity index (χ4v) is 5.51. The van der Waals surface area contributed by atoms with Gasteiger partial charge in [-0.3, -0.25) is 19.3 Å². The maximum atomic E-state index is 16.3. The fraction of sp³-hybridized carbons (Fsp3) is 0.345. The number of aryl methyl sites for hydroxylation is 3. The molecule has 40 heavy (non-hydrogen) atoms. The van der Waals surface area contributed by atoms with Gasteiger partial charge >= 0.3 is 0 Å². The molecule has 8 nitrogen and oxygen atoms in total. The number of hydrogen-bond donors (Lipinski definition) is 1. The molecule has 0 bridgehead atoms. The molecule has 0 saturated heterocycles. The molecule has 0 radical (unpaired) electrons. The van der Waals surface area contributed by atoms with Gasteiger partial charge in [-0.15, -0.1) is 0 Å². The van der Waals surface area contributed by atoms with Crippen molar-refractivity contribution in [1.29, 1.82) is 0 Å². The Morgan fingerprint density at radius 2 is 1.88 bits per heavy atom. The molecule has 0 fully saturated rings. The van der Waals surface area contributed by atoms with Crippen LogP contribution in [-0.4, -0.2) is 29.6 Å². The smallest absolute Gasteiger partial charge is 0.278 e. The van der Waals surface area contributed by atoms with Crippen molar-refractivity contribution in [3.05, 3.63) is 92.1 Å². The second kappa shape index (κ2) is 10.0. The number of halogens is 3. The summed E-state index contributed by atoms with van der Waals surface area (Å²) in [5.74, 6) is -0.830. The minimum Gasteiger partial charge on any atom is -0.482 e. The third kappa shape index (κ3) is 4.65. The molecule has 1 atom stereocenters. The van der Waals surface area contributed by atoms with Gasteiger partial charge in [0.25, 0.3) is 5.56 Å². The number of pyridine rings is 3. The summed E-state index contributed by atoms with van der Waals surface area (Å²) in [4.78, 5) is 30.7. The number of nitrogens with zero attached hydrogens (tertiary/aromatic N) is 5. The molecule has 2 aliphatic rings. The van der Waals surface area contributed by atoms with Crippen molar-refractivity contribution in [2.24, 2.45) is 0 Å². The van der Waals surface area contributed by atoms with Crippen molar-refractivity contribution in [3.63, 3.8) is 0 Å². The van der Waals surface area contributed by atoms with Crippen LogP contribution < -0.4 is 10.3 Å². The van der Waals surface area contributed by atoms with E-state index in [0.717, 1.165) is 24.6 Å². The molecular formula is C29H26ClF2N5O3. The lowest BCUT2D eigenvalue weighted by atomic mass is 10.0. The number of aromatic nitrogens is 5. The van der Waals surface area contributed by atoms with Gasteiger partial charge in [0.1, 0.15) is 34.0 Å². The minimum absolute atomic E-state index is 0.0672. The normalized spacial score (nSPS) is 16.5. The first kappa shape index (κ1) is 26.5. The van der Waals surface area contributed by atoms with Gasteiger partial charge < -0.3 is 9.84 Å². The molecule has 0 saturated carbocycles. The lowest BCUT2D eigenvalue weighted by Crippen LogP contribution is -2.27. The topological polar surface area (TPSA) is 103 Å². The van der Waals surface area contributed by atoms with E-state index in [1.807, 2.05) is 0 Å². The first-order chi connectivity index (χ1) is 19.1. The van der Waals surface area contributed by atoms with Crippen LogP contribution in [0.25, 0.3) is 17.1 Å². The maximum Gasteiger partial charge on any atom is 0.278 e. The van der Waals surface area contributed by atoms with Crippen LogP contribution in [0.1, 0.15) is 67.6 Å². The Morgan fingerprint density at radius 3 is 2.67 bits per heavy atom. The van der Waals surface area contributed by atoms with E-state index in [2.05, 4.69) is 19.9 Å². The third-order valence-corrected chi connectivity index (χ3v) is 7.63. The van der Waals surface area contributed by atoms with Gasteiger partial charge in [-0.05, 0) is 75.6 Å². The van der Waals surface area contributed by atoms with Gasteiger partial charge in [0.05, 0.1) is 23.3 Å². The molecule has 0 spiro atoms. The van der Waals surface area contributed by atoms with E-state index in [4.69, 9.17) is 16.3 Å². The highest BCUT2D eigenvalue weighted by Gasteiger charge is 2.30. The second-order valence-corrected chi connectivity index (χ2v) is 11.0. The first-order valence-electron chi connectivity index (χ1n) is 13.1. The molecule has 1 aliphatic heterocycles. The predicted octanol–water partition coefficient (Wildman–Crippen LogP) is 5.19.